The molecular weight excluding hydrogens is 232 g/mol. The van der Waals surface area contributed by atoms with Crippen LogP contribution in [-0.2, 0) is 14.3 Å². The molecule has 0 unspecified atom stereocenters. The Kier molecular flexibility index (Phi) is 3.02. The van der Waals surface area contributed by atoms with E-state index in [0.29, 0.717) is 19.6 Å². The van der Waals surface area contributed by atoms with Crippen molar-refractivity contribution in [1.29, 1.82) is 0 Å². The SMILES string of the molecule is O=C1OCC/C1=C\c1ccc(OC[C@H]2CO2)cc1. The molecule has 18 heavy (non-hydrogen) atoms. The molecule has 0 N–H and O–H groups in total. The highest BCUT2D eigenvalue weighted by atomic mass is 16.6. The van der Waals surface area contributed by atoms with Gasteiger partial charge in [-0.1, -0.05) is 12.1 Å². The molecule has 4 nitrogen and oxygen atoms in total. The smallest absolute Gasteiger partial charge is 0.334 e. The van der Waals surface area contributed by atoms with Crippen LogP contribution in [-0.4, -0.2) is 31.9 Å². The zero-order chi connectivity index (χ0) is 12.4. The molecule has 4 heteroatoms. The minimum Gasteiger partial charge on any atom is -0.491 e. The van der Waals surface area contributed by atoms with Crippen molar-refractivity contribution in [2.45, 2.75) is 12.5 Å². The number of rotatable bonds is 4. The van der Waals surface area contributed by atoms with E-state index in [2.05, 4.69) is 0 Å². The lowest BCUT2D eigenvalue weighted by atomic mass is 10.1. The van der Waals surface area contributed by atoms with Crippen LogP contribution >= 0.6 is 0 Å². The molecule has 2 aliphatic rings. The molecule has 1 atom stereocenters. The van der Waals surface area contributed by atoms with Gasteiger partial charge in [0.2, 0.25) is 0 Å². The van der Waals surface area contributed by atoms with Crippen LogP contribution in [0, 0.1) is 0 Å². The van der Waals surface area contributed by atoms with Crippen molar-refractivity contribution < 1.29 is 19.0 Å². The topological polar surface area (TPSA) is 48.1 Å². The Labute approximate surface area is 105 Å². The molecule has 0 radical (unpaired) electrons. The Morgan fingerprint density at radius 2 is 2.11 bits per heavy atom. The first-order chi connectivity index (χ1) is 8.81. The summed E-state index contributed by atoms with van der Waals surface area (Å²) in [6, 6.07) is 7.66. The number of carbonyl (C=O) groups excluding carboxylic acids is 1. The first-order valence-corrected chi connectivity index (χ1v) is 6.03. The van der Waals surface area contributed by atoms with Crippen molar-refractivity contribution in [3.63, 3.8) is 0 Å². The van der Waals surface area contributed by atoms with Crippen LogP contribution in [0.5, 0.6) is 5.75 Å². The highest BCUT2D eigenvalue weighted by molar-refractivity contribution is 5.95. The Balaban J connectivity index is 1.64. The maximum absolute atomic E-state index is 11.3. The van der Waals surface area contributed by atoms with E-state index in [1.807, 2.05) is 30.3 Å². The molecule has 2 heterocycles. The van der Waals surface area contributed by atoms with Crippen molar-refractivity contribution >= 4 is 12.0 Å². The molecule has 0 bridgehead atoms. The van der Waals surface area contributed by atoms with Gasteiger partial charge in [0.15, 0.2) is 0 Å². The summed E-state index contributed by atoms with van der Waals surface area (Å²) in [5.41, 5.74) is 1.72. The van der Waals surface area contributed by atoms with Crippen molar-refractivity contribution in [3.05, 3.63) is 35.4 Å². The van der Waals surface area contributed by atoms with Gasteiger partial charge in [0.1, 0.15) is 18.5 Å². The lowest BCUT2D eigenvalue weighted by Gasteiger charge is -2.04. The predicted octanol–water partition coefficient (Wildman–Crippen LogP) is 1.79. The third-order valence-electron chi connectivity index (χ3n) is 2.93. The lowest BCUT2D eigenvalue weighted by molar-refractivity contribution is -0.134. The zero-order valence-corrected chi connectivity index (χ0v) is 9.93. The van der Waals surface area contributed by atoms with Gasteiger partial charge in [-0.2, -0.15) is 0 Å². The molecule has 0 aliphatic carbocycles. The highest BCUT2D eigenvalue weighted by Crippen LogP contribution is 2.20. The van der Waals surface area contributed by atoms with Gasteiger partial charge in [-0.3, -0.25) is 0 Å². The molecular formula is C14H14O4. The van der Waals surface area contributed by atoms with Crippen LogP contribution in [0.4, 0.5) is 0 Å². The molecule has 0 spiro atoms. The lowest BCUT2D eigenvalue weighted by Crippen LogP contribution is -2.03. The van der Waals surface area contributed by atoms with Gasteiger partial charge in [-0.25, -0.2) is 4.79 Å². The van der Waals surface area contributed by atoms with Gasteiger partial charge in [0.25, 0.3) is 0 Å². The number of carbonyl (C=O) groups is 1. The van der Waals surface area contributed by atoms with Gasteiger partial charge in [-0.05, 0) is 23.8 Å². The van der Waals surface area contributed by atoms with Gasteiger partial charge >= 0.3 is 5.97 Å². The number of epoxide rings is 1. The summed E-state index contributed by atoms with van der Waals surface area (Å²) >= 11 is 0. The predicted molar refractivity (Wildman–Crippen MR) is 65.2 cm³/mol. The van der Waals surface area contributed by atoms with Crippen molar-refractivity contribution in [1.82, 2.24) is 0 Å². The number of ether oxygens (including phenoxy) is 3. The van der Waals surface area contributed by atoms with E-state index in [0.717, 1.165) is 23.5 Å². The number of benzene rings is 1. The summed E-state index contributed by atoms with van der Waals surface area (Å²) in [6.45, 7) is 1.90. The standard InChI is InChI=1S/C14H14O4/c15-14-11(5-6-16-14)7-10-1-3-12(4-2-10)17-8-13-9-18-13/h1-4,7,13H,5-6,8-9H2/b11-7+/t13-/m0/s1. The Bertz CT molecular complexity index is 471. The Morgan fingerprint density at radius 3 is 2.72 bits per heavy atom. The molecule has 2 saturated heterocycles. The number of hydrogen-bond acceptors (Lipinski definition) is 4. The van der Waals surface area contributed by atoms with Crippen LogP contribution < -0.4 is 4.74 Å². The largest absolute Gasteiger partial charge is 0.491 e. The average Bonchev–Trinajstić information content (AvgIpc) is 3.13. The third kappa shape index (κ3) is 2.71. The second-order valence-electron chi connectivity index (χ2n) is 4.39. The van der Waals surface area contributed by atoms with Crippen LogP contribution in [0.1, 0.15) is 12.0 Å². The quantitative estimate of drug-likeness (QED) is 0.461. The summed E-state index contributed by atoms with van der Waals surface area (Å²) in [5.74, 6) is 0.614. The molecule has 0 aromatic heterocycles. The minimum atomic E-state index is -0.207. The molecule has 2 aliphatic heterocycles. The van der Waals surface area contributed by atoms with Crippen LogP contribution in [0.25, 0.3) is 6.08 Å². The summed E-state index contributed by atoms with van der Waals surface area (Å²) in [7, 11) is 0. The summed E-state index contributed by atoms with van der Waals surface area (Å²) in [4.78, 5) is 11.3. The normalized spacial score (nSPS) is 24.1. The minimum absolute atomic E-state index is 0.207. The van der Waals surface area contributed by atoms with Crippen molar-refractivity contribution in [3.8, 4) is 5.75 Å². The van der Waals surface area contributed by atoms with E-state index in [1.54, 1.807) is 0 Å². The number of esters is 1. The maximum Gasteiger partial charge on any atom is 0.334 e. The number of hydrogen-bond donors (Lipinski definition) is 0. The van der Waals surface area contributed by atoms with E-state index in [9.17, 15) is 4.79 Å². The Morgan fingerprint density at radius 1 is 1.33 bits per heavy atom. The first-order valence-electron chi connectivity index (χ1n) is 6.03. The molecule has 1 aromatic carbocycles. The fourth-order valence-electron chi connectivity index (χ4n) is 1.79. The van der Waals surface area contributed by atoms with E-state index in [4.69, 9.17) is 14.2 Å². The van der Waals surface area contributed by atoms with Gasteiger partial charge < -0.3 is 14.2 Å². The molecule has 0 amide bonds. The Hall–Kier alpha value is -1.81. The average molecular weight is 246 g/mol. The van der Waals surface area contributed by atoms with Gasteiger partial charge in [-0.15, -0.1) is 0 Å². The molecule has 2 fully saturated rings. The van der Waals surface area contributed by atoms with E-state index < -0.39 is 0 Å². The summed E-state index contributed by atoms with van der Waals surface area (Å²) in [5, 5.41) is 0. The summed E-state index contributed by atoms with van der Waals surface area (Å²) in [6.07, 6.45) is 2.82. The monoisotopic (exact) mass is 246 g/mol. The van der Waals surface area contributed by atoms with Crippen LogP contribution in [0.2, 0.25) is 0 Å². The highest BCUT2D eigenvalue weighted by Gasteiger charge is 2.23. The van der Waals surface area contributed by atoms with E-state index >= 15 is 0 Å². The molecule has 3 rings (SSSR count). The fraction of sp³-hybridized carbons (Fsp3) is 0.357. The molecule has 1 aromatic rings. The van der Waals surface area contributed by atoms with E-state index in [-0.39, 0.29) is 12.1 Å². The fourth-order valence-corrected chi connectivity index (χ4v) is 1.79. The maximum atomic E-state index is 11.3. The second-order valence-corrected chi connectivity index (χ2v) is 4.39. The molecule has 94 valence electrons. The van der Waals surface area contributed by atoms with Crippen LogP contribution in [0.15, 0.2) is 29.8 Å². The van der Waals surface area contributed by atoms with Crippen molar-refractivity contribution in [2.75, 3.05) is 19.8 Å². The first kappa shape index (κ1) is 11.3. The zero-order valence-electron chi connectivity index (χ0n) is 9.93. The van der Waals surface area contributed by atoms with Crippen molar-refractivity contribution in [2.24, 2.45) is 0 Å². The number of cyclic esters (lactones) is 1. The third-order valence-corrected chi connectivity index (χ3v) is 2.93. The van der Waals surface area contributed by atoms with Gasteiger partial charge in [0.05, 0.1) is 13.2 Å². The molecule has 0 saturated carbocycles. The van der Waals surface area contributed by atoms with E-state index in [1.165, 1.54) is 0 Å². The van der Waals surface area contributed by atoms with Crippen LogP contribution in [0.3, 0.4) is 0 Å². The van der Waals surface area contributed by atoms with Gasteiger partial charge in [0, 0.05) is 12.0 Å². The summed E-state index contributed by atoms with van der Waals surface area (Å²) < 4.78 is 15.5. The second kappa shape index (κ2) is 4.82.